The molecular weight excluding hydrogens is 428 g/mol. The highest BCUT2D eigenvalue weighted by Crippen LogP contribution is 2.25. The Bertz CT molecular complexity index is 1120. The number of sulfonamides is 1. The molecule has 0 aliphatic rings. The molecule has 0 spiro atoms. The van der Waals surface area contributed by atoms with E-state index in [9.17, 15) is 18.5 Å². The van der Waals surface area contributed by atoms with Gasteiger partial charge in [0, 0.05) is 0 Å². The van der Waals surface area contributed by atoms with Crippen LogP contribution >= 0.6 is 0 Å². The van der Waals surface area contributed by atoms with Gasteiger partial charge in [-0.2, -0.15) is 5.26 Å². The number of nitriles is 1. The first-order valence-corrected chi connectivity index (χ1v) is 11.4. The van der Waals surface area contributed by atoms with Crippen LogP contribution in [0.4, 0.5) is 5.69 Å². The number of esters is 1. The van der Waals surface area contributed by atoms with E-state index in [0.29, 0.717) is 23.4 Å². The standard InChI is InChI=1S/C24H26N2O5S/c1-4-31-24(27)23(18-25)19(2)10-8-9-17-26(20-11-6-5-7-12-20)32(28,29)22-15-13-21(30-3)14-16-22/h5-9,11-16H,4,10,17H2,1-3H3/b9-8+,23-19+. The molecule has 0 radical (unpaired) electrons. The summed E-state index contributed by atoms with van der Waals surface area (Å²) in [5, 5.41) is 9.23. The molecule has 0 unspecified atom stereocenters. The van der Waals surface area contributed by atoms with Crippen LogP contribution in [0.2, 0.25) is 0 Å². The number of methoxy groups -OCH3 is 1. The monoisotopic (exact) mass is 454 g/mol. The van der Waals surface area contributed by atoms with E-state index in [4.69, 9.17) is 9.47 Å². The van der Waals surface area contributed by atoms with Crippen molar-refractivity contribution in [3.8, 4) is 11.8 Å². The highest BCUT2D eigenvalue weighted by Gasteiger charge is 2.24. The van der Waals surface area contributed by atoms with Crippen LogP contribution in [-0.4, -0.2) is 34.6 Å². The molecule has 0 saturated carbocycles. The first kappa shape index (κ1) is 24.7. The second-order valence-electron chi connectivity index (χ2n) is 6.71. The Labute approximate surface area is 189 Å². The normalized spacial score (nSPS) is 12.1. The third kappa shape index (κ3) is 6.22. The van der Waals surface area contributed by atoms with Crippen LogP contribution in [0.3, 0.4) is 0 Å². The minimum atomic E-state index is -3.83. The van der Waals surface area contributed by atoms with E-state index < -0.39 is 16.0 Å². The third-order valence-electron chi connectivity index (χ3n) is 4.57. The quantitative estimate of drug-likeness (QED) is 0.231. The largest absolute Gasteiger partial charge is 0.497 e. The van der Waals surface area contributed by atoms with Crippen molar-refractivity contribution in [1.29, 1.82) is 5.26 Å². The maximum absolute atomic E-state index is 13.3. The molecule has 0 aliphatic carbocycles. The summed E-state index contributed by atoms with van der Waals surface area (Å²) in [5.41, 5.74) is 1.03. The van der Waals surface area contributed by atoms with Crippen LogP contribution in [-0.2, 0) is 19.6 Å². The number of rotatable bonds is 10. The van der Waals surface area contributed by atoms with E-state index in [2.05, 4.69) is 0 Å². The predicted octanol–water partition coefficient (Wildman–Crippen LogP) is 4.24. The molecule has 7 nitrogen and oxygen atoms in total. The number of carbonyl (C=O) groups is 1. The van der Waals surface area contributed by atoms with Gasteiger partial charge in [-0.1, -0.05) is 30.4 Å². The summed E-state index contributed by atoms with van der Waals surface area (Å²) < 4.78 is 37.9. The molecule has 32 heavy (non-hydrogen) atoms. The molecule has 0 aliphatic heterocycles. The summed E-state index contributed by atoms with van der Waals surface area (Å²) >= 11 is 0. The third-order valence-corrected chi connectivity index (χ3v) is 6.38. The Balaban J connectivity index is 2.27. The van der Waals surface area contributed by atoms with Crippen molar-refractivity contribution in [2.75, 3.05) is 24.6 Å². The van der Waals surface area contributed by atoms with E-state index >= 15 is 0 Å². The number of hydrogen-bond acceptors (Lipinski definition) is 6. The molecule has 2 rings (SSSR count). The molecule has 0 amide bonds. The molecule has 0 heterocycles. The minimum Gasteiger partial charge on any atom is -0.497 e. The maximum atomic E-state index is 13.3. The first-order valence-electron chi connectivity index (χ1n) is 9.99. The summed E-state index contributed by atoms with van der Waals surface area (Å²) in [4.78, 5) is 12.0. The summed E-state index contributed by atoms with van der Waals surface area (Å²) in [6.45, 7) is 3.60. The Hall–Kier alpha value is -3.57. The first-order chi connectivity index (χ1) is 15.3. The molecule has 0 fully saturated rings. The highest BCUT2D eigenvalue weighted by atomic mass is 32.2. The predicted molar refractivity (Wildman–Crippen MR) is 123 cm³/mol. The minimum absolute atomic E-state index is 0.0396. The molecule has 0 aromatic heterocycles. The number of carbonyl (C=O) groups excluding carboxylic acids is 1. The zero-order valence-electron chi connectivity index (χ0n) is 18.3. The smallest absolute Gasteiger partial charge is 0.348 e. The van der Waals surface area contributed by atoms with Crippen LogP contribution in [0.25, 0.3) is 0 Å². The van der Waals surface area contributed by atoms with Gasteiger partial charge in [0.15, 0.2) is 0 Å². The van der Waals surface area contributed by atoms with Crippen LogP contribution in [0, 0.1) is 11.3 Å². The zero-order chi connectivity index (χ0) is 23.6. The fraction of sp³-hybridized carbons (Fsp3) is 0.250. The summed E-state index contributed by atoms with van der Waals surface area (Å²) in [5.74, 6) is -0.0961. The fourth-order valence-corrected chi connectivity index (χ4v) is 4.28. The van der Waals surface area contributed by atoms with E-state index in [1.165, 1.54) is 23.5 Å². The average Bonchev–Trinajstić information content (AvgIpc) is 2.80. The number of benzene rings is 2. The number of ether oxygens (including phenoxy) is 2. The lowest BCUT2D eigenvalue weighted by atomic mass is 10.1. The molecule has 0 saturated heterocycles. The Morgan fingerprint density at radius 2 is 1.75 bits per heavy atom. The van der Waals surface area contributed by atoms with Crippen LogP contribution in [0.1, 0.15) is 20.3 Å². The second kappa shape index (κ2) is 11.7. The number of nitrogens with zero attached hydrogens (tertiary/aromatic N) is 2. The second-order valence-corrected chi connectivity index (χ2v) is 8.57. The molecule has 168 valence electrons. The molecule has 2 aromatic carbocycles. The Morgan fingerprint density at radius 3 is 2.31 bits per heavy atom. The van der Waals surface area contributed by atoms with E-state index in [1.807, 2.05) is 12.1 Å². The van der Waals surface area contributed by atoms with Gasteiger partial charge in [0.05, 0.1) is 30.8 Å². The van der Waals surface area contributed by atoms with Crippen molar-refractivity contribution in [3.05, 3.63) is 77.9 Å². The van der Waals surface area contributed by atoms with Gasteiger partial charge >= 0.3 is 5.97 Å². The summed E-state index contributed by atoms with van der Waals surface area (Å²) in [6, 6.07) is 16.8. The van der Waals surface area contributed by atoms with Crippen molar-refractivity contribution in [1.82, 2.24) is 0 Å². The van der Waals surface area contributed by atoms with Gasteiger partial charge in [0.1, 0.15) is 17.4 Å². The maximum Gasteiger partial charge on any atom is 0.348 e. The summed E-state index contributed by atoms with van der Waals surface area (Å²) in [7, 11) is -2.32. The van der Waals surface area contributed by atoms with Gasteiger partial charge in [0.2, 0.25) is 0 Å². The average molecular weight is 455 g/mol. The van der Waals surface area contributed by atoms with Crippen LogP contribution in [0.15, 0.2) is 82.8 Å². The Kier molecular flexibility index (Phi) is 9.05. The van der Waals surface area contributed by atoms with Gasteiger partial charge in [-0.05, 0) is 62.2 Å². The van der Waals surface area contributed by atoms with Crippen molar-refractivity contribution in [3.63, 3.8) is 0 Å². The lowest BCUT2D eigenvalue weighted by Gasteiger charge is -2.23. The lowest BCUT2D eigenvalue weighted by Crippen LogP contribution is -2.31. The number of para-hydroxylation sites is 1. The lowest BCUT2D eigenvalue weighted by molar-refractivity contribution is -0.138. The number of hydrogen-bond donors (Lipinski definition) is 0. The van der Waals surface area contributed by atoms with Gasteiger partial charge in [-0.3, -0.25) is 4.31 Å². The van der Waals surface area contributed by atoms with Crippen molar-refractivity contribution < 1.29 is 22.7 Å². The molecule has 0 atom stereocenters. The van der Waals surface area contributed by atoms with E-state index in [0.717, 1.165) is 0 Å². The number of allylic oxidation sites excluding steroid dienone is 2. The summed E-state index contributed by atoms with van der Waals surface area (Å²) in [6.07, 6.45) is 3.73. The van der Waals surface area contributed by atoms with Crippen LogP contribution < -0.4 is 9.04 Å². The topological polar surface area (TPSA) is 96.7 Å². The zero-order valence-corrected chi connectivity index (χ0v) is 19.1. The SMILES string of the molecule is CCOC(=O)/C(C#N)=C(\C)C/C=C/CN(c1ccccc1)S(=O)(=O)c1ccc(OC)cc1. The van der Waals surface area contributed by atoms with Gasteiger partial charge in [-0.15, -0.1) is 0 Å². The van der Waals surface area contributed by atoms with Crippen molar-refractivity contribution >= 4 is 21.7 Å². The highest BCUT2D eigenvalue weighted by molar-refractivity contribution is 7.92. The molecule has 2 aromatic rings. The fourth-order valence-electron chi connectivity index (χ4n) is 2.86. The van der Waals surface area contributed by atoms with Gasteiger partial charge in [-0.25, -0.2) is 13.2 Å². The number of anilines is 1. The van der Waals surface area contributed by atoms with Gasteiger partial charge in [0.25, 0.3) is 10.0 Å². The van der Waals surface area contributed by atoms with Crippen molar-refractivity contribution in [2.45, 2.75) is 25.2 Å². The van der Waals surface area contributed by atoms with Gasteiger partial charge < -0.3 is 9.47 Å². The molecule has 8 heteroatoms. The molecular formula is C24H26N2O5S. The molecule has 0 N–H and O–H groups in total. The Morgan fingerprint density at radius 1 is 1.09 bits per heavy atom. The van der Waals surface area contributed by atoms with Crippen molar-refractivity contribution in [2.24, 2.45) is 0 Å². The molecule has 0 bridgehead atoms. The van der Waals surface area contributed by atoms with E-state index in [1.54, 1.807) is 62.4 Å². The van der Waals surface area contributed by atoms with E-state index in [-0.39, 0.29) is 23.6 Å². The van der Waals surface area contributed by atoms with Crippen LogP contribution in [0.5, 0.6) is 5.75 Å².